The van der Waals surface area contributed by atoms with E-state index in [-0.39, 0.29) is 17.2 Å². The van der Waals surface area contributed by atoms with Crippen LogP contribution in [0.2, 0.25) is 5.02 Å². The van der Waals surface area contributed by atoms with Crippen molar-refractivity contribution in [1.82, 2.24) is 14.2 Å². The molecule has 2 aromatic heterocycles. The second-order valence-electron chi connectivity index (χ2n) is 7.68. The number of hydrogen-bond donors (Lipinski definition) is 4. The summed E-state index contributed by atoms with van der Waals surface area (Å²) >= 11 is 6.23. The molecule has 1 fully saturated rings. The Bertz CT molecular complexity index is 1230. The third-order valence-electron chi connectivity index (χ3n) is 5.52. The fourth-order valence-electron chi connectivity index (χ4n) is 3.73. The average molecular weight is 490 g/mol. The number of pyridine rings is 1. The first kappa shape index (κ1) is 23.7. The smallest absolute Gasteiger partial charge is 0.394 e. The van der Waals surface area contributed by atoms with Gasteiger partial charge in [0.2, 0.25) is 0 Å². The molecule has 4 rings (SSSR count). The Morgan fingerprint density at radius 1 is 1.09 bits per heavy atom. The monoisotopic (exact) mass is 489 g/mol. The third-order valence-corrected chi connectivity index (χ3v) is 5.89. The molecule has 0 saturated carbocycles. The number of hydrogen-bond acceptors (Lipinski definition) is 7. The van der Waals surface area contributed by atoms with Crippen LogP contribution in [-0.4, -0.2) is 65.6 Å². The highest BCUT2D eigenvalue weighted by Gasteiger charge is 2.44. The molecule has 3 aromatic rings. The summed E-state index contributed by atoms with van der Waals surface area (Å²) in [5.41, 5.74) is -1.16. The van der Waals surface area contributed by atoms with Crippen molar-refractivity contribution < 1.29 is 38.3 Å². The number of fused-ring (bicyclic) bond motifs is 1. The van der Waals surface area contributed by atoms with Crippen LogP contribution in [0.15, 0.2) is 41.3 Å². The van der Waals surface area contributed by atoms with Crippen molar-refractivity contribution in [3.8, 4) is 0 Å². The van der Waals surface area contributed by atoms with Gasteiger partial charge in [-0.15, -0.1) is 5.10 Å². The van der Waals surface area contributed by atoms with Crippen molar-refractivity contribution in [3.05, 3.63) is 68.7 Å². The van der Waals surface area contributed by atoms with E-state index < -0.39 is 54.6 Å². The fraction of sp³-hybridized carbons (Fsp3) is 0.400. The number of aromatic nitrogens is 3. The van der Waals surface area contributed by atoms with Gasteiger partial charge in [0.05, 0.1) is 18.7 Å². The van der Waals surface area contributed by atoms with E-state index in [0.29, 0.717) is 11.1 Å². The van der Waals surface area contributed by atoms with Crippen LogP contribution in [0.4, 0.5) is 13.2 Å². The van der Waals surface area contributed by atoms with E-state index in [9.17, 15) is 38.4 Å². The predicted octanol–water partition coefficient (Wildman–Crippen LogP) is 0.731. The minimum atomic E-state index is -4.59. The van der Waals surface area contributed by atoms with Crippen LogP contribution in [0.1, 0.15) is 22.8 Å². The zero-order chi connectivity index (χ0) is 24.1. The van der Waals surface area contributed by atoms with Gasteiger partial charge in [-0.3, -0.25) is 4.40 Å². The molecule has 1 saturated heterocycles. The molecule has 0 bridgehead atoms. The number of nitrogens with zero attached hydrogens (tertiary/aromatic N) is 3. The van der Waals surface area contributed by atoms with Crippen LogP contribution in [0, 0.1) is 0 Å². The van der Waals surface area contributed by atoms with Gasteiger partial charge in [0.1, 0.15) is 30.5 Å². The lowest BCUT2D eigenvalue weighted by Gasteiger charge is -2.40. The van der Waals surface area contributed by atoms with Crippen molar-refractivity contribution in [2.24, 2.45) is 0 Å². The van der Waals surface area contributed by atoms with Crippen LogP contribution in [0.25, 0.3) is 5.65 Å². The molecule has 4 N–H and O–H groups in total. The number of aliphatic hydroxyl groups excluding tert-OH is 4. The van der Waals surface area contributed by atoms with Crippen molar-refractivity contribution in [1.29, 1.82) is 0 Å². The van der Waals surface area contributed by atoms with Gasteiger partial charge in [0, 0.05) is 11.2 Å². The maximum atomic E-state index is 13.0. The lowest BCUT2D eigenvalue weighted by molar-refractivity contribution is -0.231. The summed E-state index contributed by atoms with van der Waals surface area (Å²) in [4.78, 5) is 12.6. The van der Waals surface area contributed by atoms with Crippen molar-refractivity contribution >= 4 is 17.2 Å². The van der Waals surface area contributed by atoms with Gasteiger partial charge in [-0.1, -0.05) is 17.7 Å². The molecule has 33 heavy (non-hydrogen) atoms. The molecule has 1 aromatic carbocycles. The molecule has 1 aliphatic rings. The molecule has 0 unspecified atom stereocenters. The molecule has 3 heterocycles. The molecule has 0 amide bonds. The van der Waals surface area contributed by atoms with E-state index in [1.165, 1.54) is 18.2 Å². The Morgan fingerprint density at radius 3 is 2.48 bits per heavy atom. The van der Waals surface area contributed by atoms with Crippen molar-refractivity contribution in [2.45, 2.75) is 43.2 Å². The lowest BCUT2D eigenvalue weighted by atomic mass is 9.90. The standard InChI is InChI=1S/C20H19ClF3N3O6/c21-12-2-1-9(18-17(31)16(30)15(29)13(8-28)33-18)5-10(12)7-27-19(32)26-4-3-11(20(22,23)24)6-14(26)25-27/h1-6,13,15-18,28-31H,7-8H2/t13-,15-,16+,17+,18+/m1/s1. The fourth-order valence-corrected chi connectivity index (χ4v) is 3.91. The summed E-state index contributed by atoms with van der Waals surface area (Å²) in [6.07, 6.45) is -10.5. The minimum absolute atomic E-state index is 0.198. The molecule has 0 radical (unpaired) electrons. The second-order valence-corrected chi connectivity index (χ2v) is 8.09. The maximum Gasteiger partial charge on any atom is 0.416 e. The largest absolute Gasteiger partial charge is 0.416 e. The SMILES string of the molecule is O=c1n(Cc2cc([C@@H]3O[C@H](CO)[C@@H](O)[C@H](O)[C@@H]3O)ccc2Cl)nc2cc(C(F)(F)F)ccn12. The molecule has 1 aliphatic heterocycles. The van der Waals surface area contributed by atoms with Gasteiger partial charge in [-0.2, -0.15) is 13.2 Å². The Labute approximate surface area is 188 Å². The highest BCUT2D eigenvalue weighted by Crippen LogP contribution is 2.34. The summed E-state index contributed by atoms with van der Waals surface area (Å²) < 4.78 is 46.3. The molecular weight excluding hydrogens is 471 g/mol. The highest BCUT2D eigenvalue weighted by molar-refractivity contribution is 6.31. The average Bonchev–Trinajstić information content (AvgIpc) is 3.08. The summed E-state index contributed by atoms with van der Waals surface area (Å²) in [7, 11) is 0. The number of aliphatic hydroxyl groups is 4. The normalized spacial score (nSPS) is 26.1. The van der Waals surface area contributed by atoms with Gasteiger partial charge >= 0.3 is 11.9 Å². The zero-order valence-electron chi connectivity index (χ0n) is 16.7. The van der Waals surface area contributed by atoms with Crippen LogP contribution in [-0.2, 0) is 17.5 Å². The molecule has 5 atom stereocenters. The predicted molar refractivity (Wildman–Crippen MR) is 108 cm³/mol. The zero-order valence-corrected chi connectivity index (χ0v) is 17.5. The first-order valence-electron chi connectivity index (χ1n) is 9.76. The minimum Gasteiger partial charge on any atom is -0.394 e. The van der Waals surface area contributed by atoms with Crippen LogP contribution in [0.3, 0.4) is 0 Å². The maximum absolute atomic E-state index is 13.0. The Hall–Kier alpha value is -2.48. The number of rotatable bonds is 4. The van der Waals surface area contributed by atoms with Gasteiger partial charge in [0.25, 0.3) is 0 Å². The first-order chi connectivity index (χ1) is 15.5. The number of ether oxygens (including phenoxy) is 1. The number of benzene rings is 1. The molecular formula is C20H19ClF3N3O6. The van der Waals surface area contributed by atoms with Crippen molar-refractivity contribution in [2.75, 3.05) is 6.61 Å². The molecule has 178 valence electrons. The summed E-state index contributed by atoms with van der Waals surface area (Å²) in [5, 5.41) is 43.9. The lowest BCUT2D eigenvalue weighted by Crippen LogP contribution is -2.55. The number of alkyl halides is 3. The highest BCUT2D eigenvalue weighted by atomic mass is 35.5. The van der Waals surface area contributed by atoms with Gasteiger partial charge in [0.15, 0.2) is 5.65 Å². The topological polar surface area (TPSA) is 129 Å². The summed E-state index contributed by atoms with van der Waals surface area (Å²) in [6, 6.07) is 5.96. The van der Waals surface area contributed by atoms with Gasteiger partial charge in [-0.25, -0.2) is 9.48 Å². The Morgan fingerprint density at radius 2 is 1.82 bits per heavy atom. The van der Waals surface area contributed by atoms with E-state index in [0.717, 1.165) is 27.4 Å². The Kier molecular flexibility index (Phi) is 6.24. The van der Waals surface area contributed by atoms with Crippen molar-refractivity contribution in [3.63, 3.8) is 0 Å². The van der Waals surface area contributed by atoms with Gasteiger partial charge < -0.3 is 25.2 Å². The van der Waals surface area contributed by atoms with Crippen LogP contribution >= 0.6 is 11.6 Å². The summed E-state index contributed by atoms with van der Waals surface area (Å²) in [5.74, 6) is 0. The van der Waals surface area contributed by atoms with Crippen LogP contribution < -0.4 is 5.69 Å². The Balaban J connectivity index is 1.67. The van der Waals surface area contributed by atoms with E-state index in [1.807, 2.05) is 0 Å². The molecule has 0 spiro atoms. The second kappa shape index (κ2) is 8.70. The molecule has 9 nitrogen and oxygen atoms in total. The molecule has 0 aliphatic carbocycles. The summed E-state index contributed by atoms with van der Waals surface area (Å²) in [6.45, 7) is -0.801. The number of halogens is 4. The van der Waals surface area contributed by atoms with E-state index in [4.69, 9.17) is 16.3 Å². The first-order valence-corrected chi connectivity index (χ1v) is 10.1. The van der Waals surface area contributed by atoms with E-state index >= 15 is 0 Å². The van der Waals surface area contributed by atoms with E-state index in [1.54, 1.807) is 0 Å². The quantitative estimate of drug-likeness (QED) is 0.425. The third kappa shape index (κ3) is 4.37. The van der Waals surface area contributed by atoms with Crippen LogP contribution in [0.5, 0.6) is 0 Å². The van der Waals surface area contributed by atoms with E-state index in [2.05, 4.69) is 5.10 Å². The molecule has 13 heteroatoms. The van der Waals surface area contributed by atoms with Gasteiger partial charge in [-0.05, 0) is 35.4 Å².